The Hall–Kier alpha value is -0.570. The van der Waals surface area contributed by atoms with Crippen molar-refractivity contribution in [1.82, 2.24) is 5.32 Å². The van der Waals surface area contributed by atoms with Gasteiger partial charge < -0.3 is 10.1 Å². The van der Waals surface area contributed by atoms with E-state index < -0.39 is 0 Å². The number of hydrogen-bond donors (Lipinski definition) is 1. The molecule has 0 aromatic heterocycles. The number of ether oxygens (including phenoxy) is 1. The maximum Gasteiger partial charge on any atom is 0.309 e. The molecule has 3 nitrogen and oxygen atoms in total. The third-order valence-electron chi connectivity index (χ3n) is 4.04. The van der Waals surface area contributed by atoms with E-state index in [1.54, 1.807) is 0 Å². The van der Waals surface area contributed by atoms with Crippen LogP contribution in [0.5, 0.6) is 0 Å². The number of methoxy groups -OCH3 is 1. The predicted octanol–water partition coefficient (Wildman–Crippen LogP) is 1.96. The van der Waals surface area contributed by atoms with E-state index in [0.717, 1.165) is 11.8 Å². The van der Waals surface area contributed by atoms with Gasteiger partial charge >= 0.3 is 5.97 Å². The summed E-state index contributed by atoms with van der Waals surface area (Å²) in [6.07, 6.45) is 5.47. The maximum absolute atomic E-state index is 11.4. The van der Waals surface area contributed by atoms with Crippen LogP contribution in [0.4, 0.5) is 0 Å². The molecule has 2 aliphatic carbocycles. The molecule has 2 fully saturated rings. The molecule has 0 heterocycles. The second-order valence-electron chi connectivity index (χ2n) is 5.47. The van der Waals surface area contributed by atoms with Crippen LogP contribution in [0.1, 0.15) is 39.5 Å². The summed E-state index contributed by atoms with van der Waals surface area (Å²) >= 11 is 0. The second-order valence-corrected chi connectivity index (χ2v) is 5.47. The van der Waals surface area contributed by atoms with Crippen LogP contribution in [0.25, 0.3) is 0 Å². The standard InChI is InChI=1S/C13H23NO2/c1-8(13(15)16-3)9(2)14-12(10-4-5-10)11-6-7-11/h8-12,14H,4-7H2,1-3H3. The lowest BCUT2D eigenvalue weighted by Gasteiger charge is -2.26. The predicted molar refractivity (Wildman–Crippen MR) is 63.0 cm³/mol. The fourth-order valence-corrected chi connectivity index (χ4v) is 2.41. The van der Waals surface area contributed by atoms with Crippen LogP contribution in [0.15, 0.2) is 0 Å². The first-order valence-corrected chi connectivity index (χ1v) is 6.47. The van der Waals surface area contributed by atoms with Crippen molar-refractivity contribution in [2.24, 2.45) is 17.8 Å². The Bertz CT molecular complexity index is 247. The summed E-state index contributed by atoms with van der Waals surface area (Å²) in [6.45, 7) is 4.04. The van der Waals surface area contributed by atoms with Crippen LogP contribution < -0.4 is 5.32 Å². The van der Waals surface area contributed by atoms with Gasteiger partial charge in [-0.25, -0.2) is 0 Å². The van der Waals surface area contributed by atoms with Gasteiger partial charge in [0.1, 0.15) is 0 Å². The summed E-state index contributed by atoms with van der Waals surface area (Å²) in [7, 11) is 1.46. The molecule has 2 aliphatic rings. The molecule has 2 unspecified atom stereocenters. The molecule has 2 saturated carbocycles. The van der Waals surface area contributed by atoms with Crippen LogP contribution in [0, 0.1) is 17.8 Å². The number of nitrogens with one attached hydrogen (secondary N) is 1. The number of rotatable bonds is 6. The average Bonchev–Trinajstić information content (AvgIpc) is 3.15. The lowest BCUT2D eigenvalue weighted by Crippen LogP contribution is -2.45. The SMILES string of the molecule is COC(=O)C(C)C(C)NC(C1CC1)C1CC1. The monoisotopic (exact) mass is 225 g/mol. The van der Waals surface area contributed by atoms with E-state index in [9.17, 15) is 4.79 Å². The van der Waals surface area contributed by atoms with Crippen molar-refractivity contribution < 1.29 is 9.53 Å². The van der Waals surface area contributed by atoms with Gasteiger partial charge in [-0.05, 0) is 44.4 Å². The van der Waals surface area contributed by atoms with E-state index >= 15 is 0 Å². The molecule has 0 amide bonds. The Kier molecular flexibility index (Phi) is 3.53. The molecule has 0 bridgehead atoms. The summed E-state index contributed by atoms with van der Waals surface area (Å²) in [6, 6.07) is 0.876. The first-order chi connectivity index (χ1) is 7.63. The minimum Gasteiger partial charge on any atom is -0.469 e. The first-order valence-electron chi connectivity index (χ1n) is 6.47. The van der Waals surface area contributed by atoms with E-state index in [4.69, 9.17) is 4.74 Å². The molecular formula is C13H23NO2. The Labute approximate surface area is 97.9 Å². The molecular weight excluding hydrogens is 202 g/mol. The van der Waals surface area contributed by atoms with Gasteiger partial charge in [0.25, 0.3) is 0 Å². The molecule has 2 atom stereocenters. The van der Waals surface area contributed by atoms with E-state index in [-0.39, 0.29) is 17.9 Å². The van der Waals surface area contributed by atoms with Gasteiger partial charge in [0.15, 0.2) is 0 Å². The molecule has 0 radical (unpaired) electrons. The van der Waals surface area contributed by atoms with Crippen molar-refractivity contribution >= 4 is 5.97 Å². The van der Waals surface area contributed by atoms with Crippen LogP contribution in [0.3, 0.4) is 0 Å². The highest BCUT2D eigenvalue weighted by Crippen LogP contribution is 2.44. The molecule has 0 aliphatic heterocycles. The van der Waals surface area contributed by atoms with Crippen LogP contribution in [-0.4, -0.2) is 25.2 Å². The highest BCUT2D eigenvalue weighted by molar-refractivity contribution is 5.72. The fraction of sp³-hybridized carbons (Fsp3) is 0.923. The summed E-state index contributed by atoms with van der Waals surface area (Å²) in [4.78, 5) is 11.4. The van der Waals surface area contributed by atoms with Gasteiger partial charge in [0.2, 0.25) is 0 Å². The lowest BCUT2D eigenvalue weighted by molar-refractivity contribution is -0.145. The first kappa shape index (κ1) is 11.9. The minimum atomic E-state index is -0.106. The zero-order valence-electron chi connectivity index (χ0n) is 10.5. The summed E-state index contributed by atoms with van der Waals surface area (Å²) < 4.78 is 4.79. The second kappa shape index (κ2) is 4.74. The maximum atomic E-state index is 11.4. The molecule has 0 aromatic rings. The summed E-state index contributed by atoms with van der Waals surface area (Å²) in [5.74, 6) is 1.59. The van der Waals surface area contributed by atoms with Gasteiger partial charge in [-0.15, -0.1) is 0 Å². The van der Waals surface area contributed by atoms with Crippen molar-refractivity contribution in [2.45, 2.75) is 51.6 Å². The van der Waals surface area contributed by atoms with E-state index in [0.29, 0.717) is 6.04 Å². The molecule has 1 N–H and O–H groups in total. The van der Waals surface area contributed by atoms with E-state index in [1.807, 2.05) is 6.92 Å². The molecule has 0 aromatic carbocycles. The largest absolute Gasteiger partial charge is 0.469 e. The van der Waals surface area contributed by atoms with Gasteiger partial charge in [-0.3, -0.25) is 4.79 Å². The normalized spacial score (nSPS) is 24.2. The van der Waals surface area contributed by atoms with Crippen LogP contribution >= 0.6 is 0 Å². The molecule has 0 spiro atoms. The van der Waals surface area contributed by atoms with Gasteiger partial charge in [-0.1, -0.05) is 6.92 Å². The number of carbonyl (C=O) groups excluding carboxylic acids is 1. The number of carbonyl (C=O) groups is 1. The Morgan fingerprint density at radius 1 is 1.19 bits per heavy atom. The van der Waals surface area contributed by atoms with Gasteiger partial charge in [0, 0.05) is 12.1 Å². The molecule has 3 heteroatoms. The van der Waals surface area contributed by atoms with Crippen molar-refractivity contribution in [1.29, 1.82) is 0 Å². The number of hydrogen-bond acceptors (Lipinski definition) is 3. The van der Waals surface area contributed by atoms with Crippen molar-refractivity contribution in [2.75, 3.05) is 7.11 Å². The molecule has 2 rings (SSSR count). The Balaban J connectivity index is 1.84. The van der Waals surface area contributed by atoms with Gasteiger partial charge in [-0.2, -0.15) is 0 Å². The van der Waals surface area contributed by atoms with Crippen molar-refractivity contribution in [3.05, 3.63) is 0 Å². The minimum absolute atomic E-state index is 0.0509. The fourth-order valence-electron chi connectivity index (χ4n) is 2.41. The summed E-state index contributed by atoms with van der Waals surface area (Å²) in [5, 5.41) is 3.66. The smallest absolute Gasteiger partial charge is 0.309 e. The van der Waals surface area contributed by atoms with E-state index in [2.05, 4.69) is 12.2 Å². The number of esters is 1. The zero-order chi connectivity index (χ0) is 11.7. The molecule has 92 valence electrons. The molecule has 0 saturated heterocycles. The van der Waals surface area contributed by atoms with E-state index in [1.165, 1.54) is 32.8 Å². The van der Waals surface area contributed by atoms with Crippen LogP contribution in [-0.2, 0) is 9.53 Å². The Morgan fingerprint density at radius 2 is 1.69 bits per heavy atom. The third-order valence-corrected chi connectivity index (χ3v) is 4.04. The van der Waals surface area contributed by atoms with Crippen molar-refractivity contribution in [3.63, 3.8) is 0 Å². The Morgan fingerprint density at radius 3 is 2.06 bits per heavy atom. The summed E-state index contributed by atoms with van der Waals surface area (Å²) in [5.41, 5.74) is 0. The average molecular weight is 225 g/mol. The van der Waals surface area contributed by atoms with Gasteiger partial charge in [0.05, 0.1) is 13.0 Å². The third kappa shape index (κ3) is 2.76. The lowest BCUT2D eigenvalue weighted by atomic mass is 10.00. The van der Waals surface area contributed by atoms with Crippen molar-refractivity contribution in [3.8, 4) is 0 Å². The highest BCUT2D eigenvalue weighted by Gasteiger charge is 2.42. The quantitative estimate of drug-likeness (QED) is 0.702. The zero-order valence-corrected chi connectivity index (χ0v) is 10.5. The topological polar surface area (TPSA) is 38.3 Å². The molecule has 16 heavy (non-hydrogen) atoms. The van der Waals surface area contributed by atoms with Crippen LogP contribution in [0.2, 0.25) is 0 Å². The highest BCUT2D eigenvalue weighted by atomic mass is 16.5.